The summed E-state index contributed by atoms with van der Waals surface area (Å²) in [6, 6.07) is 3.06. The molecule has 0 aliphatic carbocycles. The van der Waals surface area contributed by atoms with E-state index >= 15 is 0 Å². The van der Waals surface area contributed by atoms with Crippen LogP contribution in [0.1, 0.15) is 30.1 Å². The zero-order valence-electron chi connectivity index (χ0n) is 11.5. The maximum absolute atomic E-state index is 12.0. The molecule has 20 heavy (non-hydrogen) atoms. The number of piperidine rings is 1. The van der Waals surface area contributed by atoms with Gasteiger partial charge in [-0.25, -0.2) is 4.98 Å². The van der Waals surface area contributed by atoms with Crippen LogP contribution >= 0.6 is 23.2 Å². The molecule has 1 amide bonds. The molecule has 110 valence electrons. The fraction of sp³-hybridized carbons (Fsp3) is 0.571. The maximum Gasteiger partial charge on any atom is 0.251 e. The summed E-state index contributed by atoms with van der Waals surface area (Å²) in [4.78, 5) is 18.3. The largest absolute Gasteiger partial charge is 0.352 e. The molecule has 1 aromatic heterocycles. The molecule has 0 aromatic carbocycles. The van der Waals surface area contributed by atoms with Gasteiger partial charge in [-0.05, 0) is 50.5 Å². The summed E-state index contributed by atoms with van der Waals surface area (Å²) >= 11 is 11.6. The van der Waals surface area contributed by atoms with E-state index in [-0.39, 0.29) is 16.2 Å². The highest BCUT2D eigenvalue weighted by molar-refractivity contribution is 6.33. The van der Waals surface area contributed by atoms with Crippen LogP contribution in [0.2, 0.25) is 10.3 Å². The van der Waals surface area contributed by atoms with Gasteiger partial charge < -0.3 is 10.2 Å². The predicted molar refractivity (Wildman–Crippen MR) is 81.4 cm³/mol. The second kappa shape index (κ2) is 7.25. The average molecular weight is 316 g/mol. The second-order valence-electron chi connectivity index (χ2n) is 5.09. The minimum absolute atomic E-state index is 0.144. The van der Waals surface area contributed by atoms with E-state index in [0.29, 0.717) is 18.0 Å². The van der Waals surface area contributed by atoms with Gasteiger partial charge >= 0.3 is 0 Å². The molecular formula is C14H19Cl2N3O. The Kier molecular flexibility index (Phi) is 5.64. The Bertz CT molecular complexity index is 453. The van der Waals surface area contributed by atoms with E-state index in [4.69, 9.17) is 23.2 Å². The number of likely N-dealkylation sites (tertiary alicyclic amines) is 1. The van der Waals surface area contributed by atoms with Crippen molar-refractivity contribution in [2.45, 2.75) is 19.8 Å². The third-order valence-corrected chi connectivity index (χ3v) is 4.12. The van der Waals surface area contributed by atoms with E-state index in [1.54, 1.807) is 0 Å². The quantitative estimate of drug-likeness (QED) is 0.869. The molecule has 0 unspecified atom stereocenters. The lowest BCUT2D eigenvalue weighted by Gasteiger charge is -2.31. The van der Waals surface area contributed by atoms with Crippen molar-refractivity contribution >= 4 is 29.1 Å². The van der Waals surface area contributed by atoms with Crippen LogP contribution in [0.15, 0.2) is 12.1 Å². The van der Waals surface area contributed by atoms with E-state index in [1.165, 1.54) is 12.1 Å². The number of carbonyl (C=O) groups is 1. The minimum atomic E-state index is -0.144. The zero-order chi connectivity index (χ0) is 14.5. The smallest absolute Gasteiger partial charge is 0.251 e. The van der Waals surface area contributed by atoms with Gasteiger partial charge in [0, 0.05) is 12.1 Å². The number of halogens is 2. The highest BCUT2D eigenvalue weighted by Crippen LogP contribution is 2.17. The van der Waals surface area contributed by atoms with Crippen LogP contribution in [0.5, 0.6) is 0 Å². The zero-order valence-corrected chi connectivity index (χ0v) is 13.0. The number of amides is 1. The normalized spacial score (nSPS) is 17.1. The number of carbonyl (C=O) groups excluding carboxylic acids is 1. The first-order valence-corrected chi connectivity index (χ1v) is 7.67. The average Bonchev–Trinajstić information content (AvgIpc) is 2.44. The Morgan fingerprint density at radius 3 is 2.50 bits per heavy atom. The van der Waals surface area contributed by atoms with Crippen molar-refractivity contribution in [1.29, 1.82) is 0 Å². The number of rotatable bonds is 4. The summed E-state index contributed by atoms with van der Waals surface area (Å²) in [6.07, 6.45) is 2.26. The summed E-state index contributed by atoms with van der Waals surface area (Å²) < 4.78 is 0. The van der Waals surface area contributed by atoms with Gasteiger partial charge in [-0.2, -0.15) is 0 Å². The van der Waals surface area contributed by atoms with Crippen molar-refractivity contribution < 1.29 is 4.79 Å². The summed E-state index contributed by atoms with van der Waals surface area (Å²) in [5.74, 6) is 0.406. The molecule has 1 N–H and O–H groups in total. The van der Waals surface area contributed by atoms with Crippen LogP contribution in [0.25, 0.3) is 0 Å². The first-order chi connectivity index (χ1) is 9.58. The summed E-state index contributed by atoms with van der Waals surface area (Å²) in [6.45, 7) is 6.22. The van der Waals surface area contributed by atoms with Crippen LogP contribution < -0.4 is 5.32 Å². The number of aromatic nitrogens is 1. The van der Waals surface area contributed by atoms with Crippen molar-refractivity contribution in [2.75, 3.05) is 26.2 Å². The highest BCUT2D eigenvalue weighted by Gasteiger charge is 2.19. The Balaban J connectivity index is 1.83. The maximum atomic E-state index is 12.0. The Labute approximate surface area is 129 Å². The molecule has 1 aromatic rings. The fourth-order valence-corrected chi connectivity index (χ4v) is 2.90. The standard InChI is InChI=1S/C14H19Cl2N3O/c1-2-19-5-3-10(4-6-19)9-17-14(20)11-7-12(15)18-13(16)8-11/h7-8,10H,2-6,9H2,1H3,(H,17,20). The van der Waals surface area contributed by atoms with Crippen molar-refractivity contribution in [3.8, 4) is 0 Å². The Morgan fingerprint density at radius 1 is 1.35 bits per heavy atom. The molecule has 6 heteroatoms. The van der Waals surface area contributed by atoms with Gasteiger partial charge in [-0.1, -0.05) is 30.1 Å². The van der Waals surface area contributed by atoms with Gasteiger partial charge in [-0.15, -0.1) is 0 Å². The molecular weight excluding hydrogens is 297 g/mol. The van der Waals surface area contributed by atoms with Crippen molar-refractivity contribution in [1.82, 2.24) is 15.2 Å². The molecule has 1 saturated heterocycles. The van der Waals surface area contributed by atoms with E-state index in [2.05, 4.69) is 22.1 Å². The predicted octanol–water partition coefficient (Wildman–Crippen LogP) is 2.85. The van der Waals surface area contributed by atoms with Crippen molar-refractivity contribution in [2.24, 2.45) is 5.92 Å². The summed E-state index contributed by atoms with van der Waals surface area (Å²) in [5.41, 5.74) is 0.459. The van der Waals surface area contributed by atoms with E-state index in [0.717, 1.165) is 32.5 Å². The van der Waals surface area contributed by atoms with E-state index < -0.39 is 0 Å². The first kappa shape index (κ1) is 15.5. The first-order valence-electron chi connectivity index (χ1n) is 6.92. The van der Waals surface area contributed by atoms with Crippen LogP contribution in [-0.2, 0) is 0 Å². The van der Waals surface area contributed by atoms with Crippen LogP contribution in [0.3, 0.4) is 0 Å². The fourth-order valence-electron chi connectivity index (χ4n) is 2.44. The lowest BCUT2D eigenvalue weighted by molar-refractivity contribution is 0.0936. The third kappa shape index (κ3) is 4.33. The molecule has 1 aliphatic rings. The molecule has 0 radical (unpaired) electrons. The van der Waals surface area contributed by atoms with Crippen molar-refractivity contribution in [3.63, 3.8) is 0 Å². The molecule has 4 nitrogen and oxygen atoms in total. The third-order valence-electron chi connectivity index (χ3n) is 3.73. The summed E-state index contributed by atoms with van der Waals surface area (Å²) in [7, 11) is 0. The van der Waals surface area contributed by atoms with Gasteiger partial charge in [0.25, 0.3) is 5.91 Å². The number of nitrogens with one attached hydrogen (secondary N) is 1. The Hall–Kier alpha value is -0.840. The lowest BCUT2D eigenvalue weighted by atomic mass is 9.97. The van der Waals surface area contributed by atoms with Crippen LogP contribution in [0, 0.1) is 5.92 Å². The molecule has 2 heterocycles. The molecule has 0 bridgehead atoms. The molecule has 0 spiro atoms. The topological polar surface area (TPSA) is 45.2 Å². The SMILES string of the molecule is CCN1CCC(CNC(=O)c2cc(Cl)nc(Cl)c2)CC1. The number of hydrogen-bond acceptors (Lipinski definition) is 3. The molecule has 1 aliphatic heterocycles. The van der Waals surface area contributed by atoms with Crippen LogP contribution in [0.4, 0.5) is 0 Å². The summed E-state index contributed by atoms with van der Waals surface area (Å²) in [5, 5.41) is 3.42. The van der Waals surface area contributed by atoms with Gasteiger partial charge in [-0.3, -0.25) is 4.79 Å². The second-order valence-corrected chi connectivity index (χ2v) is 5.86. The van der Waals surface area contributed by atoms with E-state index in [9.17, 15) is 4.79 Å². The van der Waals surface area contributed by atoms with Gasteiger partial charge in [0.15, 0.2) is 0 Å². The minimum Gasteiger partial charge on any atom is -0.352 e. The van der Waals surface area contributed by atoms with Gasteiger partial charge in [0.1, 0.15) is 10.3 Å². The van der Waals surface area contributed by atoms with Crippen LogP contribution in [-0.4, -0.2) is 42.0 Å². The molecule has 1 fully saturated rings. The molecule has 0 saturated carbocycles. The molecule has 2 rings (SSSR count). The van der Waals surface area contributed by atoms with Crippen molar-refractivity contribution in [3.05, 3.63) is 28.0 Å². The van der Waals surface area contributed by atoms with Gasteiger partial charge in [0.05, 0.1) is 0 Å². The lowest BCUT2D eigenvalue weighted by Crippen LogP contribution is -2.38. The van der Waals surface area contributed by atoms with Gasteiger partial charge in [0.2, 0.25) is 0 Å². The Morgan fingerprint density at radius 2 is 1.95 bits per heavy atom. The monoisotopic (exact) mass is 315 g/mol. The number of pyridine rings is 1. The number of hydrogen-bond donors (Lipinski definition) is 1. The van der Waals surface area contributed by atoms with E-state index in [1.807, 2.05) is 0 Å². The number of nitrogens with zero attached hydrogens (tertiary/aromatic N) is 2. The highest BCUT2D eigenvalue weighted by atomic mass is 35.5. The molecule has 0 atom stereocenters.